The van der Waals surface area contributed by atoms with Crippen molar-refractivity contribution in [3.63, 3.8) is 0 Å². The van der Waals surface area contributed by atoms with Crippen LogP contribution < -0.4 is 5.32 Å². The number of likely N-dealkylation sites (N-methyl/N-ethyl adjacent to an activating group) is 1. The molecular weight excluding hydrogens is 346 g/mol. The summed E-state index contributed by atoms with van der Waals surface area (Å²) in [6.07, 6.45) is -0.430. The number of rotatable bonds is 4. The molecule has 3 rings (SSSR count). The molecule has 7 nitrogen and oxygen atoms in total. The number of nitriles is 1. The monoisotopic (exact) mass is 365 g/mol. The molecule has 2 amide bonds. The maximum atomic E-state index is 12.3. The first-order valence-corrected chi connectivity index (χ1v) is 8.43. The summed E-state index contributed by atoms with van der Waals surface area (Å²) >= 11 is 0. The second-order valence-electron chi connectivity index (χ2n) is 6.25. The number of amides is 2. The molecule has 0 spiro atoms. The maximum absolute atomic E-state index is 12.3. The molecule has 1 aliphatic heterocycles. The topological polar surface area (TPSA) is 103 Å². The molecule has 2 N–H and O–H groups in total. The number of anilines is 1. The molecule has 0 aliphatic carbocycles. The minimum absolute atomic E-state index is 0.0329. The van der Waals surface area contributed by atoms with Crippen LogP contribution in [-0.2, 0) is 9.53 Å². The summed E-state index contributed by atoms with van der Waals surface area (Å²) < 4.78 is 5.60. The number of aliphatic hydroxyl groups excluding tert-OH is 1. The summed E-state index contributed by atoms with van der Waals surface area (Å²) in [5.74, 6) is -0.448. The molecule has 0 radical (unpaired) electrons. The molecular formula is C20H19N3O4. The van der Waals surface area contributed by atoms with Gasteiger partial charge in [0.1, 0.15) is 12.7 Å². The number of hydrogen-bond donors (Lipinski definition) is 2. The zero-order chi connectivity index (χ0) is 19.4. The smallest absolute Gasteiger partial charge is 0.255 e. The van der Waals surface area contributed by atoms with Gasteiger partial charge in [-0.1, -0.05) is 12.1 Å². The first-order chi connectivity index (χ1) is 13.0. The lowest BCUT2D eigenvalue weighted by atomic mass is 9.99. The molecule has 0 aromatic heterocycles. The van der Waals surface area contributed by atoms with Gasteiger partial charge in [0, 0.05) is 18.3 Å². The molecule has 2 aromatic carbocycles. The lowest BCUT2D eigenvalue weighted by Gasteiger charge is -2.38. The number of benzene rings is 2. The molecule has 0 bridgehead atoms. The second kappa shape index (κ2) is 7.99. The summed E-state index contributed by atoms with van der Waals surface area (Å²) in [6.45, 7) is -0.237. The molecule has 0 saturated carbocycles. The highest BCUT2D eigenvalue weighted by atomic mass is 16.5. The van der Waals surface area contributed by atoms with E-state index in [1.54, 1.807) is 55.6 Å². The highest BCUT2D eigenvalue weighted by molar-refractivity contribution is 6.04. The Hall–Kier alpha value is -3.21. The van der Waals surface area contributed by atoms with E-state index in [-0.39, 0.29) is 25.0 Å². The second-order valence-corrected chi connectivity index (χ2v) is 6.25. The third-order valence-corrected chi connectivity index (χ3v) is 4.59. The predicted molar refractivity (Wildman–Crippen MR) is 97.9 cm³/mol. The van der Waals surface area contributed by atoms with Crippen molar-refractivity contribution >= 4 is 17.5 Å². The Bertz CT molecular complexity index is 872. The largest absolute Gasteiger partial charge is 0.394 e. The average molecular weight is 365 g/mol. The highest BCUT2D eigenvalue weighted by Gasteiger charge is 2.34. The number of hydrogen-bond acceptors (Lipinski definition) is 5. The van der Waals surface area contributed by atoms with Gasteiger partial charge in [-0.15, -0.1) is 0 Å². The lowest BCUT2D eigenvalue weighted by Crippen LogP contribution is -2.50. The number of nitrogens with zero attached hydrogens (tertiary/aromatic N) is 2. The molecule has 1 fully saturated rings. The SMILES string of the molecule is CN1C(=O)CO[C@H](c2ccc(NC(=O)c3ccc(C#N)cc3)cc2)[C@H]1CO. The maximum Gasteiger partial charge on any atom is 0.255 e. The van der Waals surface area contributed by atoms with Crippen LogP contribution in [0.4, 0.5) is 5.69 Å². The Morgan fingerprint density at radius 2 is 1.93 bits per heavy atom. The fourth-order valence-electron chi connectivity index (χ4n) is 2.95. The molecule has 0 unspecified atom stereocenters. The lowest BCUT2D eigenvalue weighted by molar-refractivity contribution is -0.157. The van der Waals surface area contributed by atoms with E-state index in [1.165, 1.54) is 4.90 Å². The van der Waals surface area contributed by atoms with Crippen LogP contribution in [0.3, 0.4) is 0 Å². The van der Waals surface area contributed by atoms with Crippen molar-refractivity contribution in [1.29, 1.82) is 5.26 Å². The first-order valence-electron chi connectivity index (χ1n) is 8.43. The molecule has 2 atom stereocenters. The van der Waals surface area contributed by atoms with Crippen LogP contribution in [0.25, 0.3) is 0 Å². The van der Waals surface area contributed by atoms with Crippen LogP contribution in [0, 0.1) is 11.3 Å². The van der Waals surface area contributed by atoms with Crippen LogP contribution in [0.1, 0.15) is 27.6 Å². The molecule has 1 heterocycles. The van der Waals surface area contributed by atoms with Gasteiger partial charge in [0.25, 0.3) is 5.91 Å². The van der Waals surface area contributed by atoms with E-state index < -0.39 is 12.1 Å². The number of morpholine rings is 1. The van der Waals surface area contributed by atoms with Crippen molar-refractivity contribution in [3.8, 4) is 6.07 Å². The number of nitrogens with one attached hydrogen (secondary N) is 1. The van der Waals surface area contributed by atoms with E-state index in [0.29, 0.717) is 16.8 Å². The van der Waals surface area contributed by atoms with Crippen molar-refractivity contribution in [2.75, 3.05) is 25.6 Å². The Balaban J connectivity index is 1.70. The highest BCUT2D eigenvalue weighted by Crippen LogP contribution is 2.29. The van der Waals surface area contributed by atoms with Crippen LogP contribution in [-0.4, -0.2) is 48.1 Å². The number of carbonyl (C=O) groups excluding carboxylic acids is 2. The molecule has 1 aliphatic rings. The fraction of sp³-hybridized carbons (Fsp3) is 0.250. The fourth-order valence-corrected chi connectivity index (χ4v) is 2.95. The molecule has 138 valence electrons. The van der Waals surface area contributed by atoms with E-state index in [2.05, 4.69) is 5.32 Å². The minimum atomic E-state index is -0.453. The summed E-state index contributed by atoms with van der Waals surface area (Å²) in [7, 11) is 1.64. The van der Waals surface area contributed by atoms with Crippen molar-refractivity contribution in [2.24, 2.45) is 0 Å². The Labute approximate surface area is 156 Å². The molecule has 1 saturated heterocycles. The summed E-state index contributed by atoms with van der Waals surface area (Å²) in [4.78, 5) is 25.5. The van der Waals surface area contributed by atoms with Crippen LogP contribution in [0.15, 0.2) is 48.5 Å². The summed E-state index contributed by atoms with van der Waals surface area (Å²) in [5, 5.41) is 21.2. The third-order valence-electron chi connectivity index (χ3n) is 4.59. The van der Waals surface area contributed by atoms with Crippen molar-refractivity contribution in [2.45, 2.75) is 12.1 Å². The van der Waals surface area contributed by atoms with Gasteiger partial charge in [-0.05, 0) is 42.0 Å². The third kappa shape index (κ3) is 3.97. The van der Waals surface area contributed by atoms with Crippen molar-refractivity contribution < 1.29 is 19.4 Å². The summed E-state index contributed by atoms with van der Waals surface area (Å²) in [5.41, 5.74) is 2.36. The Morgan fingerprint density at radius 3 is 2.52 bits per heavy atom. The predicted octanol–water partition coefficient (Wildman–Crippen LogP) is 1.70. The van der Waals surface area contributed by atoms with Gasteiger partial charge in [-0.2, -0.15) is 5.26 Å². The van der Waals surface area contributed by atoms with Crippen LogP contribution in [0.5, 0.6) is 0 Å². The zero-order valence-corrected chi connectivity index (χ0v) is 14.8. The number of aliphatic hydroxyl groups is 1. The number of carbonyl (C=O) groups is 2. The van der Waals surface area contributed by atoms with Gasteiger partial charge in [0.05, 0.1) is 24.3 Å². The van der Waals surface area contributed by atoms with Crippen molar-refractivity contribution in [1.82, 2.24) is 4.90 Å². The van der Waals surface area contributed by atoms with E-state index >= 15 is 0 Å². The standard InChI is InChI=1S/C20H19N3O4/c1-23-17(11-24)19(27-12-18(23)25)14-6-8-16(9-7-14)22-20(26)15-4-2-13(10-21)3-5-15/h2-9,17,19,24H,11-12H2,1H3,(H,22,26)/t17-,19-/m1/s1. The van der Waals surface area contributed by atoms with E-state index in [1.807, 2.05) is 6.07 Å². The van der Waals surface area contributed by atoms with E-state index in [0.717, 1.165) is 5.56 Å². The number of ether oxygens (including phenoxy) is 1. The molecule has 27 heavy (non-hydrogen) atoms. The Kier molecular flexibility index (Phi) is 5.50. The van der Waals surface area contributed by atoms with Gasteiger partial charge in [-0.3, -0.25) is 9.59 Å². The zero-order valence-electron chi connectivity index (χ0n) is 14.8. The minimum Gasteiger partial charge on any atom is -0.394 e. The van der Waals surface area contributed by atoms with Gasteiger partial charge in [0.2, 0.25) is 5.91 Å². The van der Waals surface area contributed by atoms with Crippen LogP contribution >= 0.6 is 0 Å². The van der Waals surface area contributed by atoms with Gasteiger partial charge < -0.3 is 20.1 Å². The molecule has 2 aromatic rings. The normalized spacial score (nSPS) is 19.4. The van der Waals surface area contributed by atoms with Crippen molar-refractivity contribution in [3.05, 3.63) is 65.2 Å². The van der Waals surface area contributed by atoms with E-state index in [4.69, 9.17) is 10.00 Å². The average Bonchev–Trinajstić information content (AvgIpc) is 2.70. The van der Waals surface area contributed by atoms with Gasteiger partial charge in [-0.25, -0.2) is 0 Å². The Morgan fingerprint density at radius 1 is 1.26 bits per heavy atom. The van der Waals surface area contributed by atoms with Crippen LogP contribution in [0.2, 0.25) is 0 Å². The quantitative estimate of drug-likeness (QED) is 0.858. The van der Waals surface area contributed by atoms with Gasteiger partial charge >= 0.3 is 0 Å². The van der Waals surface area contributed by atoms with Gasteiger partial charge in [0.15, 0.2) is 0 Å². The first kappa shape index (κ1) is 18.6. The molecule has 7 heteroatoms. The van der Waals surface area contributed by atoms with E-state index in [9.17, 15) is 14.7 Å². The summed E-state index contributed by atoms with van der Waals surface area (Å²) in [6, 6.07) is 15.0.